The summed E-state index contributed by atoms with van der Waals surface area (Å²) in [5.41, 5.74) is 0.477. The normalized spacial score (nSPS) is 10.9. The van der Waals surface area contributed by atoms with E-state index < -0.39 is 0 Å². The third kappa shape index (κ3) is 3.07. The summed E-state index contributed by atoms with van der Waals surface area (Å²) in [7, 11) is 0. The van der Waals surface area contributed by atoms with Gasteiger partial charge in [-0.15, -0.1) is 11.6 Å². The van der Waals surface area contributed by atoms with Crippen molar-refractivity contribution in [1.29, 1.82) is 0 Å². The van der Waals surface area contributed by atoms with Crippen molar-refractivity contribution >= 4 is 17.7 Å². The van der Waals surface area contributed by atoms with Gasteiger partial charge in [-0.25, -0.2) is 4.39 Å². The molecule has 0 aliphatic carbocycles. The Bertz CT molecular complexity index is 310. The molecular formula is C10H10ClFO. The predicted molar refractivity (Wildman–Crippen MR) is 52.4 cm³/mol. The Hall–Kier alpha value is -1.02. The molecule has 0 amide bonds. The third-order valence-electron chi connectivity index (χ3n) is 1.56. The molecule has 0 radical (unpaired) electrons. The number of benzene rings is 1. The summed E-state index contributed by atoms with van der Waals surface area (Å²) in [5, 5.41) is 9.28. The minimum absolute atomic E-state index is 0.0761. The summed E-state index contributed by atoms with van der Waals surface area (Å²) in [6.45, 7) is 0. The van der Waals surface area contributed by atoms with Crippen LogP contribution in [0.15, 0.2) is 24.3 Å². The molecule has 1 rings (SSSR count). The second-order valence-corrected chi connectivity index (χ2v) is 2.96. The maximum atomic E-state index is 12.7. The molecular weight excluding hydrogens is 191 g/mol. The third-order valence-corrected chi connectivity index (χ3v) is 1.78. The Morgan fingerprint density at radius 1 is 1.46 bits per heavy atom. The van der Waals surface area contributed by atoms with E-state index in [9.17, 15) is 9.50 Å². The molecule has 1 aromatic carbocycles. The minimum Gasteiger partial charge on any atom is -0.507 e. The van der Waals surface area contributed by atoms with Crippen molar-refractivity contribution in [3.63, 3.8) is 0 Å². The molecule has 0 heterocycles. The molecule has 0 saturated heterocycles. The lowest BCUT2D eigenvalue weighted by Crippen LogP contribution is -1.78. The summed E-state index contributed by atoms with van der Waals surface area (Å²) in [6.07, 6.45) is 4.15. The quantitative estimate of drug-likeness (QED) is 0.744. The van der Waals surface area contributed by atoms with Crippen molar-refractivity contribution in [2.24, 2.45) is 0 Å². The highest BCUT2D eigenvalue weighted by atomic mass is 35.5. The second kappa shape index (κ2) is 4.87. The van der Waals surface area contributed by atoms with Gasteiger partial charge in [0.2, 0.25) is 0 Å². The second-order valence-electron chi connectivity index (χ2n) is 2.58. The monoisotopic (exact) mass is 200 g/mol. The highest BCUT2D eigenvalue weighted by Crippen LogP contribution is 2.19. The number of phenolic OH excluding ortho intramolecular Hbond substituents is 1. The van der Waals surface area contributed by atoms with Crippen LogP contribution in [0.25, 0.3) is 6.08 Å². The van der Waals surface area contributed by atoms with Crippen LogP contribution in [0, 0.1) is 5.82 Å². The fraction of sp³-hybridized carbons (Fsp3) is 0.200. The number of aromatic hydroxyl groups is 1. The van der Waals surface area contributed by atoms with Crippen LogP contribution in [-0.2, 0) is 0 Å². The molecule has 70 valence electrons. The lowest BCUT2D eigenvalue weighted by Gasteiger charge is -1.97. The number of phenols is 1. The van der Waals surface area contributed by atoms with E-state index >= 15 is 0 Å². The predicted octanol–water partition coefficient (Wildman–Crippen LogP) is 3.17. The fourth-order valence-electron chi connectivity index (χ4n) is 0.932. The molecule has 1 N–H and O–H groups in total. The van der Waals surface area contributed by atoms with Crippen LogP contribution in [0.3, 0.4) is 0 Å². The standard InChI is InChI=1S/C10H10ClFO/c11-6-2-1-3-8-7-9(12)4-5-10(8)13/h1,3-5,7,13H,2,6H2. The van der Waals surface area contributed by atoms with Gasteiger partial charge in [0.25, 0.3) is 0 Å². The lowest BCUT2D eigenvalue weighted by molar-refractivity contribution is 0.471. The van der Waals surface area contributed by atoms with E-state index in [0.29, 0.717) is 17.9 Å². The Kier molecular flexibility index (Phi) is 3.77. The van der Waals surface area contributed by atoms with Gasteiger partial charge in [0.15, 0.2) is 0 Å². The van der Waals surface area contributed by atoms with Crippen LogP contribution >= 0.6 is 11.6 Å². The van der Waals surface area contributed by atoms with Gasteiger partial charge in [0.05, 0.1) is 0 Å². The van der Waals surface area contributed by atoms with Crippen molar-refractivity contribution in [3.05, 3.63) is 35.7 Å². The molecule has 0 bridgehead atoms. The zero-order valence-electron chi connectivity index (χ0n) is 7.00. The van der Waals surface area contributed by atoms with Gasteiger partial charge in [-0.3, -0.25) is 0 Å². The Morgan fingerprint density at radius 2 is 2.23 bits per heavy atom. The SMILES string of the molecule is Oc1ccc(F)cc1C=CCCCl. The molecule has 1 nitrogen and oxygen atoms in total. The zero-order chi connectivity index (χ0) is 9.68. The van der Waals surface area contributed by atoms with Gasteiger partial charge in [-0.2, -0.15) is 0 Å². The Balaban J connectivity index is 2.81. The molecule has 0 aromatic heterocycles. The van der Waals surface area contributed by atoms with Gasteiger partial charge in [0.1, 0.15) is 11.6 Å². The van der Waals surface area contributed by atoms with Gasteiger partial charge in [-0.1, -0.05) is 12.2 Å². The molecule has 0 fully saturated rings. The Labute approximate surface area is 81.5 Å². The maximum Gasteiger partial charge on any atom is 0.124 e. The van der Waals surface area contributed by atoms with Gasteiger partial charge in [-0.05, 0) is 24.6 Å². The minimum atomic E-state index is -0.358. The van der Waals surface area contributed by atoms with Crippen LogP contribution in [0.5, 0.6) is 5.75 Å². The molecule has 0 unspecified atom stereocenters. The molecule has 0 aliphatic heterocycles. The summed E-state index contributed by atoms with van der Waals surface area (Å²) in [6, 6.07) is 3.82. The summed E-state index contributed by atoms with van der Waals surface area (Å²) >= 11 is 5.45. The van der Waals surface area contributed by atoms with Gasteiger partial charge in [0, 0.05) is 11.4 Å². The largest absolute Gasteiger partial charge is 0.507 e. The molecule has 13 heavy (non-hydrogen) atoms. The number of rotatable bonds is 3. The average Bonchev–Trinajstić information content (AvgIpc) is 2.11. The molecule has 0 aliphatic rings. The maximum absolute atomic E-state index is 12.7. The number of alkyl halides is 1. The Morgan fingerprint density at radius 3 is 2.92 bits per heavy atom. The smallest absolute Gasteiger partial charge is 0.124 e. The van der Waals surface area contributed by atoms with Crippen molar-refractivity contribution in [2.75, 3.05) is 5.88 Å². The first-order valence-electron chi connectivity index (χ1n) is 3.95. The topological polar surface area (TPSA) is 20.2 Å². The van der Waals surface area contributed by atoms with E-state index in [-0.39, 0.29) is 11.6 Å². The van der Waals surface area contributed by atoms with E-state index in [1.165, 1.54) is 18.2 Å². The van der Waals surface area contributed by atoms with Crippen molar-refractivity contribution in [1.82, 2.24) is 0 Å². The molecule has 1 aromatic rings. The summed E-state index contributed by atoms with van der Waals surface area (Å²) in [5.74, 6) is 0.239. The number of hydrogen-bond donors (Lipinski definition) is 1. The first-order chi connectivity index (χ1) is 6.24. The van der Waals surface area contributed by atoms with E-state index in [1.807, 2.05) is 0 Å². The van der Waals surface area contributed by atoms with Crippen LogP contribution in [0.4, 0.5) is 4.39 Å². The first-order valence-corrected chi connectivity index (χ1v) is 4.48. The zero-order valence-corrected chi connectivity index (χ0v) is 7.76. The molecule has 0 spiro atoms. The van der Waals surface area contributed by atoms with Crippen LogP contribution in [0.1, 0.15) is 12.0 Å². The van der Waals surface area contributed by atoms with Crippen LogP contribution in [0.2, 0.25) is 0 Å². The molecule has 0 saturated carbocycles. The number of halogens is 2. The van der Waals surface area contributed by atoms with Crippen molar-refractivity contribution < 1.29 is 9.50 Å². The van der Waals surface area contributed by atoms with Crippen LogP contribution in [-0.4, -0.2) is 11.0 Å². The number of hydrogen-bond acceptors (Lipinski definition) is 1. The van der Waals surface area contributed by atoms with Crippen molar-refractivity contribution in [3.8, 4) is 5.75 Å². The van der Waals surface area contributed by atoms with E-state index in [4.69, 9.17) is 11.6 Å². The van der Waals surface area contributed by atoms with Crippen LogP contribution < -0.4 is 0 Å². The van der Waals surface area contributed by atoms with E-state index in [2.05, 4.69) is 0 Å². The summed E-state index contributed by atoms with van der Waals surface area (Å²) < 4.78 is 12.7. The molecule has 0 atom stereocenters. The summed E-state index contributed by atoms with van der Waals surface area (Å²) in [4.78, 5) is 0. The number of allylic oxidation sites excluding steroid dienone is 1. The van der Waals surface area contributed by atoms with Gasteiger partial charge >= 0.3 is 0 Å². The van der Waals surface area contributed by atoms with E-state index in [1.54, 1.807) is 12.2 Å². The first kappa shape index (κ1) is 10.1. The highest BCUT2D eigenvalue weighted by molar-refractivity contribution is 6.17. The lowest BCUT2D eigenvalue weighted by atomic mass is 10.2. The van der Waals surface area contributed by atoms with Crippen molar-refractivity contribution in [2.45, 2.75) is 6.42 Å². The van der Waals surface area contributed by atoms with E-state index in [0.717, 1.165) is 0 Å². The average molecular weight is 201 g/mol. The highest BCUT2D eigenvalue weighted by Gasteiger charge is 1.97. The fourth-order valence-corrected chi connectivity index (χ4v) is 1.06. The molecule has 3 heteroatoms. The van der Waals surface area contributed by atoms with Gasteiger partial charge < -0.3 is 5.11 Å².